The molecule has 1 aromatic heterocycles. The predicted octanol–water partition coefficient (Wildman–Crippen LogP) is 3.05. The van der Waals surface area contributed by atoms with Crippen molar-refractivity contribution >= 4 is 28.7 Å². The predicted molar refractivity (Wildman–Crippen MR) is 86.1 cm³/mol. The van der Waals surface area contributed by atoms with Crippen molar-refractivity contribution in [3.05, 3.63) is 42.7 Å². The number of aromatic nitrogens is 1. The van der Waals surface area contributed by atoms with Gasteiger partial charge >= 0.3 is 0 Å². The molecule has 2 heterocycles. The third-order valence-electron chi connectivity index (χ3n) is 2.92. The molecular weight excluding hydrogens is 286 g/mol. The van der Waals surface area contributed by atoms with E-state index in [2.05, 4.69) is 15.6 Å². The van der Waals surface area contributed by atoms with Gasteiger partial charge in [-0.3, -0.25) is 4.98 Å². The van der Waals surface area contributed by atoms with Crippen molar-refractivity contribution in [2.45, 2.75) is 6.42 Å². The van der Waals surface area contributed by atoms with E-state index >= 15 is 0 Å². The molecule has 2 aromatic rings. The van der Waals surface area contributed by atoms with Crippen molar-refractivity contribution in [1.82, 2.24) is 4.98 Å². The van der Waals surface area contributed by atoms with Gasteiger partial charge in [0, 0.05) is 24.4 Å². The van der Waals surface area contributed by atoms with Gasteiger partial charge in [-0.2, -0.15) is 0 Å². The maximum atomic E-state index is 5.65. The summed E-state index contributed by atoms with van der Waals surface area (Å²) in [5.74, 6) is 1.51. The Hall–Kier alpha value is -2.34. The second-order valence-corrected chi connectivity index (χ2v) is 4.94. The van der Waals surface area contributed by atoms with Gasteiger partial charge in [-0.25, -0.2) is 0 Å². The van der Waals surface area contributed by atoms with Crippen molar-refractivity contribution in [3.63, 3.8) is 0 Å². The first-order valence-corrected chi connectivity index (χ1v) is 7.10. The van der Waals surface area contributed by atoms with Crippen LogP contribution in [0.5, 0.6) is 11.5 Å². The lowest BCUT2D eigenvalue weighted by atomic mass is 10.3. The number of benzene rings is 1. The summed E-state index contributed by atoms with van der Waals surface area (Å²) in [5, 5.41) is 6.68. The minimum Gasteiger partial charge on any atom is -0.490 e. The Bertz CT molecular complexity index is 634. The van der Waals surface area contributed by atoms with Crippen LogP contribution < -0.4 is 20.1 Å². The zero-order chi connectivity index (χ0) is 14.5. The Kier molecular flexibility index (Phi) is 4.16. The summed E-state index contributed by atoms with van der Waals surface area (Å²) in [6, 6.07) is 9.42. The van der Waals surface area contributed by atoms with Gasteiger partial charge in [0.25, 0.3) is 0 Å². The maximum absolute atomic E-state index is 5.65. The molecule has 0 amide bonds. The Labute approximate surface area is 128 Å². The van der Waals surface area contributed by atoms with E-state index in [1.807, 2.05) is 30.3 Å². The van der Waals surface area contributed by atoms with Crippen LogP contribution in [0.3, 0.4) is 0 Å². The SMILES string of the molecule is S=C(Nc1cccnc1)Nc1ccc2c(c1)OCCCO2. The fourth-order valence-electron chi connectivity index (χ4n) is 1.97. The summed E-state index contributed by atoms with van der Waals surface area (Å²) in [4.78, 5) is 4.03. The van der Waals surface area contributed by atoms with E-state index in [0.29, 0.717) is 18.3 Å². The average Bonchev–Trinajstić information content (AvgIpc) is 2.73. The monoisotopic (exact) mass is 301 g/mol. The highest BCUT2D eigenvalue weighted by molar-refractivity contribution is 7.80. The van der Waals surface area contributed by atoms with E-state index < -0.39 is 0 Å². The molecule has 0 saturated heterocycles. The van der Waals surface area contributed by atoms with Crippen LogP contribution in [0, 0.1) is 0 Å². The first-order chi connectivity index (χ1) is 10.3. The first-order valence-electron chi connectivity index (χ1n) is 6.69. The smallest absolute Gasteiger partial charge is 0.175 e. The number of anilines is 2. The lowest BCUT2D eigenvalue weighted by molar-refractivity contribution is 0.297. The number of nitrogens with zero attached hydrogens (tertiary/aromatic N) is 1. The standard InChI is InChI=1S/C15H15N3O2S/c21-15(18-12-3-1-6-16-10-12)17-11-4-5-13-14(9-11)20-8-2-7-19-13/h1,3-6,9-10H,2,7-8H2,(H2,17,18,21). The molecule has 1 aliphatic heterocycles. The Morgan fingerprint density at radius 2 is 1.86 bits per heavy atom. The van der Waals surface area contributed by atoms with Gasteiger partial charge in [0.15, 0.2) is 16.6 Å². The fraction of sp³-hybridized carbons (Fsp3) is 0.200. The van der Waals surface area contributed by atoms with Crippen LogP contribution in [0.2, 0.25) is 0 Å². The topological polar surface area (TPSA) is 55.4 Å². The van der Waals surface area contributed by atoms with Crippen molar-refractivity contribution in [2.24, 2.45) is 0 Å². The van der Waals surface area contributed by atoms with Crippen molar-refractivity contribution in [2.75, 3.05) is 23.8 Å². The number of pyridine rings is 1. The summed E-state index contributed by atoms with van der Waals surface area (Å²) >= 11 is 5.28. The van der Waals surface area contributed by atoms with E-state index in [1.54, 1.807) is 12.4 Å². The summed E-state index contributed by atoms with van der Waals surface area (Å²) in [7, 11) is 0. The van der Waals surface area contributed by atoms with Crippen LogP contribution in [0.25, 0.3) is 0 Å². The van der Waals surface area contributed by atoms with Gasteiger partial charge in [0.2, 0.25) is 0 Å². The molecule has 5 nitrogen and oxygen atoms in total. The zero-order valence-corrected chi connectivity index (χ0v) is 12.2. The molecule has 1 aliphatic rings. The van der Waals surface area contributed by atoms with Crippen LogP contribution in [0.15, 0.2) is 42.7 Å². The third kappa shape index (κ3) is 3.61. The molecule has 0 aliphatic carbocycles. The van der Waals surface area contributed by atoms with Crippen molar-refractivity contribution < 1.29 is 9.47 Å². The minimum absolute atomic E-state index is 0.498. The van der Waals surface area contributed by atoms with Crippen LogP contribution >= 0.6 is 12.2 Å². The van der Waals surface area contributed by atoms with Crippen LogP contribution in [0.1, 0.15) is 6.42 Å². The van der Waals surface area contributed by atoms with Crippen LogP contribution in [0.4, 0.5) is 11.4 Å². The minimum atomic E-state index is 0.498. The number of thiocarbonyl (C=S) groups is 1. The molecule has 21 heavy (non-hydrogen) atoms. The fourth-order valence-corrected chi connectivity index (χ4v) is 2.21. The van der Waals surface area contributed by atoms with Gasteiger partial charge in [-0.05, 0) is 36.5 Å². The Morgan fingerprint density at radius 3 is 2.67 bits per heavy atom. The third-order valence-corrected chi connectivity index (χ3v) is 3.13. The molecule has 6 heteroatoms. The van der Waals surface area contributed by atoms with Crippen molar-refractivity contribution in [3.8, 4) is 11.5 Å². The quantitative estimate of drug-likeness (QED) is 0.832. The number of fused-ring (bicyclic) bond motifs is 1. The molecule has 0 bridgehead atoms. The van der Waals surface area contributed by atoms with E-state index in [9.17, 15) is 0 Å². The molecule has 108 valence electrons. The highest BCUT2D eigenvalue weighted by Gasteiger charge is 2.11. The largest absolute Gasteiger partial charge is 0.490 e. The summed E-state index contributed by atoms with van der Waals surface area (Å²) in [6.45, 7) is 1.34. The second-order valence-electron chi connectivity index (χ2n) is 4.53. The van der Waals surface area contributed by atoms with Gasteiger partial charge in [-0.1, -0.05) is 0 Å². The number of rotatable bonds is 2. The molecule has 3 rings (SSSR count). The summed E-state index contributed by atoms with van der Waals surface area (Å²) in [6.07, 6.45) is 4.31. The van der Waals surface area contributed by atoms with E-state index in [0.717, 1.165) is 29.3 Å². The van der Waals surface area contributed by atoms with Gasteiger partial charge in [-0.15, -0.1) is 0 Å². The van der Waals surface area contributed by atoms with Crippen molar-refractivity contribution in [1.29, 1.82) is 0 Å². The zero-order valence-electron chi connectivity index (χ0n) is 11.3. The Balaban J connectivity index is 1.67. The molecule has 0 spiro atoms. The summed E-state index contributed by atoms with van der Waals surface area (Å²) in [5.41, 5.74) is 1.69. The maximum Gasteiger partial charge on any atom is 0.175 e. The molecule has 2 N–H and O–H groups in total. The molecule has 0 atom stereocenters. The number of hydrogen-bond donors (Lipinski definition) is 2. The molecule has 0 unspecified atom stereocenters. The first kappa shape index (κ1) is 13.6. The normalized spacial score (nSPS) is 13.1. The highest BCUT2D eigenvalue weighted by atomic mass is 32.1. The lowest BCUT2D eigenvalue weighted by Gasteiger charge is -2.12. The van der Waals surface area contributed by atoms with E-state index in [4.69, 9.17) is 21.7 Å². The Morgan fingerprint density at radius 1 is 1.05 bits per heavy atom. The number of nitrogens with one attached hydrogen (secondary N) is 2. The van der Waals surface area contributed by atoms with Gasteiger partial charge in [0.1, 0.15) is 0 Å². The van der Waals surface area contributed by atoms with E-state index in [1.165, 1.54) is 0 Å². The van der Waals surface area contributed by atoms with Gasteiger partial charge in [0.05, 0.1) is 25.1 Å². The summed E-state index contributed by atoms with van der Waals surface area (Å²) < 4.78 is 11.2. The molecule has 0 radical (unpaired) electrons. The average molecular weight is 301 g/mol. The number of ether oxygens (including phenoxy) is 2. The molecule has 1 aromatic carbocycles. The molecular formula is C15H15N3O2S. The van der Waals surface area contributed by atoms with Crippen LogP contribution in [-0.2, 0) is 0 Å². The second kappa shape index (κ2) is 6.41. The molecule has 0 saturated carbocycles. The van der Waals surface area contributed by atoms with E-state index in [-0.39, 0.29) is 0 Å². The highest BCUT2D eigenvalue weighted by Crippen LogP contribution is 2.32. The molecule has 0 fully saturated rings. The van der Waals surface area contributed by atoms with Crippen LogP contribution in [-0.4, -0.2) is 23.3 Å². The van der Waals surface area contributed by atoms with Gasteiger partial charge < -0.3 is 20.1 Å². The lowest BCUT2D eigenvalue weighted by Crippen LogP contribution is -2.19. The number of hydrogen-bond acceptors (Lipinski definition) is 4.